The molecule has 2 aromatic carbocycles. The standard InChI is InChI=1S/C16H13F4NO3/c1-10(23-13-6-2-11(17)3-7-13)15(22)21-12-4-8-14(9-5-12)24-16(18,19)20/h2-10H,1H3,(H,21,22). The van der Waals surface area contributed by atoms with E-state index in [1.807, 2.05) is 0 Å². The maximum Gasteiger partial charge on any atom is 0.573 e. The first-order chi connectivity index (χ1) is 11.2. The highest BCUT2D eigenvalue weighted by Crippen LogP contribution is 2.24. The van der Waals surface area contributed by atoms with Crippen LogP contribution in [-0.2, 0) is 4.79 Å². The number of amides is 1. The van der Waals surface area contributed by atoms with Crippen molar-refractivity contribution in [3.05, 3.63) is 54.3 Å². The number of anilines is 1. The second kappa shape index (κ2) is 7.20. The van der Waals surface area contributed by atoms with Crippen molar-refractivity contribution in [2.24, 2.45) is 0 Å². The van der Waals surface area contributed by atoms with E-state index in [-0.39, 0.29) is 5.69 Å². The maximum atomic E-state index is 12.8. The highest BCUT2D eigenvalue weighted by molar-refractivity contribution is 5.94. The Labute approximate surface area is 135 Å². The van der Waals surface area contributed by atoms with Crippen LogP contribution < -0.4 is 14.8 Å². The lowest BCUT2D eigenvalue weighted by atomic mass is 10.2. The highest BCUT2D eigenvalue weighted by atomic mass is 19.4. The molecule has 1 unspecified atom stereocenters. The lowest BCUT2D eigenvalue weighted by Gasteiger charge is -2.15. The summed E-state index contributed by atoms with van der Waals surface area (Å²) < 4.78 is 58.0. The SMILES string of the molecule is CC(Oc1ccc(F)cc1)C(=O)Nc1ccc(OC(F)(F)F)cc1. The molecule has 0 bridgehead atoms. The van der Waals surface area contributed by atoms with Gasteiger partial charge in [-0.05, 0) is 55.5 Å². The average molecular weight is 343 g/mol. The zero-order chi connectivity index (χ0) is 17.7. The zero-order valence-electron chi connectivity index (χ0n) is 12.4. The lowest BCUT2D eigenvalue weighted by molar-refractivity contribution is -0.274. The van der Waals surface area contributed by atoms with Gasteiger partial charge < -0.3 is 14.8 Å². The Kier molecular flexibility index (Phi) is 5.28. The first-order valence-electron chi connectivity index (χ1n) is 6.82. The van der Waals surface area contributed by atoms with Crippen LogP contribution in [0, 0.1) is 5.82 Å². The van der Waals surface area contributed by atoms with E-state index in [4.69, 9.17) is 4.74 Å². The summed E-state index contributed by atoms with van der Waals surface area (Å²) >= 11 is 0. The molecule has 0 spiro atoms. The molecule has 0 heterocycles. The van der Waals surface area contributed by atoms with Crippen molar-refractivity contribution in [1.29, 1.82) is 0 Å². The molecule has 8 heteroatoms. The van der Waals surface area contributed by atoms with Crippen LogP contribution in [-0.4, -0.2) is 18.4 Å². The molecule has 0 saturated carbocycles. The van der Waals surface area contributed by atoms with Gasteiger partial charge in [-0.15, -0.1) is 13.2 Å². The van der Waals surface area contributed by atoms with Crippen molar-refractivity contribution in [2.45, 2.75) is 19.4 Å². The summed E-state index contributed by atoms with van der Waals surface area (Å²) in [6.07, 6.45) is -5.66. The summed E-state index contributed by atoms with van der Waals surface area (Å²) in [4.78, 5) is 12.0. The topological polar surface area (TPSA) is 47.6 Å². The third kappa shape index (κ3) is 5.45. The van der Waals surface area contributed by atoms with Crippen LogP contribution in [0.25, 0.3) is 0 Å². The van der Waals surface area contributed by atoms with Gasteiger partial charge in [0, 0.05) is 5.69 Å². The van der Waals surface area contributed by atoms with Crippen molar-refractivity contribution >= 4 is 11.6 Å². The van der Waals surface area contributed by atoms with Crippen molar-refractivity contribution in [2.75, 3.05) is 5.32 Å². The number of alkyl halides is 3. The van der Waals surface area contributed by atoms with E-state index < -0.39 is 29.9 Å². The Bertz CT molecular complexity index is 684. The molecular weight excluding hydrogens is 330 g/mol. The maximum absolute atomic E-state index is 12.8. The summed E-state index contributed by atoms with van der Waals surface area (Å²) in [5.74, 6) is -1.02. The number of hydrogen-bond donors (Lipinski definition) is 1. The molecule has 24 heavy (non-hydrogen) atoms. The van der Waals surface area contributed by atoms with Gasteiger partial charge in [-0.3, -0.25) is 4.79 Å². The Balaban J connectivity index is 1.92. The van der Waals surface area contributed by atoms with E-state index in [0.29, 0.717) is 5.75 Å². The van der Waals surface area contributed by atoms with Crippen molar-refractivity contribution in [3.63, 3.8) is 0 Å². The summed E-state index contributed by atoms with van der Waals surface area (Å²) in [7, 11) is 0. The second-order valence-electron chi connectivity index (χ2n) is 4.78. The fourth-order valence-electron chi connectivity index (χ4n) is 1.75. The summed E-state index contributed by atoms with van der Waals surface area (Å²) in [6.45, 7) is 1.49. The molecular formula is C16H13F4NO3. The number of carbonyl (C=O) groups excluding carboxylic acids is 1. The number of nitrogens with one attached hydrogen (secondary N) is 1. The number of ether oxygens (including phenoxy) is 2. The lowest BCUT2D eigenvalue weighted by Crippen LogP contribution is -2.30. The van der Waals surface area contributed by atoms with Crippen LogP contribution >= 0.6 is 0 Å². The number of carbonyl (C=O) groups is 1. The van der Waals surface area contributed by atoms with Gasteiger partial charge in [-0.1, -0.05) is 0 Å². The smallest absolute Gasteiger partial charge is 0.481 e. The van der Waals surface area contributed by atoms with Crippen LogP contribution in [0.4, 0.5) is 23.2 Å². The number of hydrogen-bond acceptors (Lipinski definition) is 3. The monoisotopic (exact) mass is 343 g/mol. The molecule has 2 aromatic rings. The van der Waals surface area contributed by atoms with Gasteiger partial charge in [0.05, 0.1) is 0 Å². The van der Waals surface area contributed by atoms with Crippen molar-refractivity contribution < 1.29 is 31.8 Å². The molecule has 4 nitrogen and oxygen atoms in total. The third-order valence-corrected chi connectivity index (χ3v) is 2.85. The molecule has 0 aliphatic heterocycles. The Morgan fingerprint density at radius 3 is 2.08 bits per heavy atom. The molecule has 0 aliphatic rings. The van der Waals surface area contributed by atoms with Crippen LogP contribution in [0.5, 0.6) is 11.5 Å². The minimum Gasteiger partial charge on any atom is -0.481 e. The van der Waals surface area contributed by atoms with Crippen molar-refractivity contribution in [3.8, 4) is 11.5 Å². The minimum atomic E-state index is -4.78. The van der Waals surface area contributed by atoms with Crippen LogP contribution in [0.3, 0.4) is 0 Å². The fourth-order valence-corrected chi connectivity index (χ4v) is 1.75. The molecule has 0 saturated heterocycles. The van der Waals surface area contributed by atoms with E-state index in [2.05, 4.69) is 10.1 Å². The molecule has 1 N–H and O–H groups in total. The first-order valence-corrected chi connectivity index (χ1v) is 6.82. The van der Waals surface area contributed by atoms with Crippen LogP contribution in [0.15, 0.2) is 48.5 Å². The molecule has 128 valence electrons. The van der Waals surface area contributed by atoms with E-state index in [1.165, 1.54) is 43.3 Å². The summed E-state index contributed by atoms with van der Waals surface area (Å²) in [5, 5.41) is 2.49. The Morgan fingerprint density at radius 1 is 1.00 bits per heavy atom. The van der Waals surface area contributed by atoms with Gasteiger partial charge >= 0.3 is 6.36 Å². The zero-order valence-corrected chi connectivity index (χ0v) is 12.4. The predicted octanol–water partition coefficient (Wildman–Crippen LogP) is 4.13. The minimum absolute atomic E-state index is 0.282. The van der Waals surface area contributed by atoms with E-state index in [0.717, 1.165) is 12.1 Å². The number of rotatable bonds is 5. The van der Waals surface area contributed by atoms with Gasteiger partial charge in [0.1, 0.15) is 17.3 Å². The van der Waals surface area contributed by atoms with Gasteiger partial charge in [-0.25, -0.2) is 4.39 Å². The van der Waals surface area contributed by atoms with E-state index in [9.17, 15) is 22.4 Å². The molecule has 1 amide bonds. The summed E-state index contributed by atoms with van der Waals surface area (Å²) in [5.41, 5.74) is 0.282. The molecule has 1 atom stereocenters. The molecule has 0 aromatic heterocycles. The average Bonchev–Trinajstić information content (AvgIpc) is 2.50. The number of benzene rings is 2. The summed E-state index contributed by atoms with van der Waals surface area (Å²) in [6, 6.07) is 9.83. The Morgan fingerprint density at radius 2 is 1.54 bits per heavy atom. The highest BCUT2D eigenvalue weighted by Gasteiger charge is 2.31. The van der Waals surface area contributed by atoms with Gasteiger partial charge in [-0.2, -0.15) is 0 Å². The van der Waals surface area contributed by atoms with Crippen LogP contribution in [0.2, 0.25) is 0 Å². The molecule has 2 rings (SSSR count). The quantitative estimate of drug-likeness (QED) is 0.831. The third-order valence-electron chi connectivity index (χ3n) is 2.85. The van der Waals surface area contributed by atoms with Crippen molar-refractivity contribution in [1.82, 2.24) is 0 Å². The normalized spacial score (nSPS) is 12.4. The Hall–Kier alpha value is -2.77. The van der Waals surface area contributed by atoms with E-state index in [1.54, 1.807) is 0 Å². The largest absolute Gasteiger partial charge is 0.573 e. The fraction of sp³-hybridized carbons (Fsp3) is 0.188. The number of halogens is 4. The van der Waals surface area contributed by atoms with Crippen LogP contribution in [0.1, 0.15) is 6.92 Å². The second-order valence-corrected chi connectivity index (χ2v) is 4.78. The van der Waals surface area contributed by atoms with Gasteiger partial charge in [0.15, 0.2) is 6.10 Å². The van der Waals surface area contributed by atoms with Gasteiger partial charge in [0.25, 0.3) is 5.91 Å². The molecule has 0 radical (unpaired) electrons. The first kappa shape index (κ1) is 17.6. The van der Waals surface area contributed by atoms with E-state index >= 15 is 0 Å². The molecule has 0 fully saturated rings. The predicted molar refractivity (Wildman–Crippen MR) is 78.2 cm³/mol. The van der Waals surface area contributed by atoms with Gasteiger partial charge in [0.2, 0.25) is 0 Å². The molecule has 0 aliphatic carbocycles.